The molecule has 0 bridgehead atoms. The third kappa shape index (κ3) is 8.96. The molecule has 15 heavy (non-hydrogen) atoms. The van der Waals surface area contributed by atoms with Gasteiger partial charge in [-0.1, -0.05) is 6.58 Å². The Hall–Kier alpha value is -1.36. The maximum Gasteiger partial charge on any atom is 0.330 e. The lowest BCUT2D eigenvalue weighted by Gasteiger charge is -2.03. The number of carboxylic acid groups (broad SMARTS) is 2. The SMILES string of the molecule is C=C(CCCNCCCC(=O)O)C(=O)O. The number of hydrogen-bond donors (Lipinski definition) is 3. The Balaban J connectivity index is 3.22. The summed E-state index contributed by atoms with van der Waals surface area (Å²) in [6.07, 6.45) is 1.92. The third-order valence-electron chi connectivity index (χ3n) is 1.88. The minimum Gasteiger partial charge on any atom is -0.481 e. The highest BCUT2D eigenvalue weighted by Gasteiger charge is 2.02. The zero-order valence-corrected chi connectivity index (χ0v) is 8.66. The first-order valence-corrected chi connectivity index (χ1v) is 4.87. The molecule has 5 nitrogen and oxygen atoms in total. The Labute approximate surface area is 88.8 Å². The van der Waals surface area contributed by atoms with Gasteiger partial charge in [-0.15, -0.1) is 0 Å². The van der Waals surface area contributed by atoms with Crippen LogP contribution in [-0.4, -0.2) is 35.2 Å². The van der Waals surface area contributed by atoms with Crippen molar-refractivity contribution in [2.45, 2.75) is 25.7 Å². The normalized spacial score (nSPS) is 9.87. The van der Waals surface area contributed by atoms with Crippen molar-refractivity contribution in [1.82, 2.24) is 5.32 Å². The van der Waals surface area contributed by atoms with E-state index in [9.17, 15) is 9.59 Å². The maximum absolute atomic E-state index is 10.4. The van der Waals surface area contributed by atoms with Crippen molar-refractivity contribution in [3.8, 4) is 0 Å². The van der Waals surface area contributed by atoms with Crippen molar-refractivity contribution in [2.24, 2.45) is 0 Å². The van der Waals surface area contributed by atoms with E-state index >= 15 is 0 Å². The predicted molar refractivity (Wildman–Crippen MR) is 55.7 cm³/mol. The fourth-order valence-corrected chi connectivity index (χ4v) is 1.02. The van der Waals surface area contributed by atoms with Crippen LogP contribution in [-0.2, 0) is 9.59 Å². The summed E-state index contributed by atoms with van der Waals surface area (Å²) in [7, 11) is 0. The van der Waals surface area contributed by atoms with Crippen molar-refractivity contribution < 1.29 is 19.8 Å². The van der Waals surface area contributed by atoms with Crippen LogP contribution in [0.1, 0.15) is 25.7 Å². The van der Waals surface area contributed by atoms with Crippen LogP contribution < -0.4 is 5.32 Å². The van der Waals surface area contributed by atoms with Crippen LogP contribution in [0, 0.1) is 0 Å². The number of rotatable bonds is 9. The second-order valence-corrected chi connectivity index (χ2v) is 3.26. The Morgan fingerprint density at radius 3 is 2.07 bits per heavy atom. The minimum atomic E-state index is -0.958. The zero-order valence-electron chi connectivity index (χ0n) is 8.66. The predicted octanol–water partition coefficient (Wildman–Crippen LogP) is 0.862. The largest absolute Gasteiger partial charge is 0.481 e. The molecule has 0 heterocycles. The van der Waals surface area contributed by atoms with Gasteiger partial charge in [-0.2, -0.15) is 0 Å². The molecule has 0 atom stereocenters. The van der Waals surface area contributed by atoms with Crippen LogP contribution in [0.5, 0.6) is 0 Å². The van der Waals surface area contributed by atoms with Crippen molar-refractivity contribution in [3.05, 3.63) is 12.2 Å². The van der Waals surface area contributed by atoms with Gasteiger partial charge in [0, 0.05) is 12.0 Å². The highest BCUT2D eigenvalue weighted by atomic mass is 16.4. The zero-order chi connectivity index (χ0) is 11.7. The van der Waals surface area contributed by atoms with Gasteiger partial charge in [-0.05, 0) is 32.4 Å². The summed E-state index contributed by atoms with van der Waals surface area (Å²) in [5, 5.41) is 19.9. The summed E-state index contributed by atoms with van der Waals surface area (Å²) in [5.41, 5.74) is 0.210. The molecule has 5 heteroatoms. The molecule has 0 aromatic heterocycles. The quantitative estimate of drug-likeness (QED) is 0.392. The van der Waals surface area contributed by atoms with Gasteiger partial charge in [0.1, 0.15) is 0 Å². The first kappa shape index (κ1) is 13.6. The first-order chi connectivity index (χ1) is 7.04. The Morgan fingerprint density at radius 1 is 1.07 bits per heavy atom. The Bertz CT molecular complexity index is 238. The molecule has 0 saturated heterocycles. The van der Waals surface area contributed by atoms with E-state index in [1.54, 1.807) is 0 Å². The van der Waals surface area contributed by atoms with Gasteiger partial charge in [-0.3, -0.25) is 4.79 Å². The highest BCUT2D eigenvalue weighted by molar-refractivity contribution is 5.85. The van der Waals surface area contributed by atoms with Crippen molar-refractivity contribution in [1.29, 1.82) is 0 Å². The Morgan fingerprint density at radius 2 is 1.60 bits per heavy atom. The fraction of sp³-hybridized carbons (Fsp3) is 0.600. The standard InChI is InChI=1S/C10H17NO4/c1-8(10(14)15)4-2-6-11-7-3-5-9(12)13/h11H,1-7H2,(H,12,13)(H,14,15). The summed E-state index contributed by atoms with van der Waals surface area (Å²) < 4.78 is 0. The van der Waals surface area contributed by atoms with Crippen molar-refractivity contribution >= 4 is 11.9 Å². The summed E-state index contributed by atoms with van der Waals surface area (Å²) in [6.45, 7) is 4.74. The van der Waals surface area contributed by atoms with E-state index in [0.717, 1.165) is 0 Å². The smallest absolute Gasteiger partial charge is 0.330 e. The molecular weight excluding hydrogens is 198 g/mol. The molecule has 86 valence electrons. The molecule has 0 aliphatic heterocycles. The van der Waals surface area contributed by atoms with Crippen LogP contribution in [0.2, 0.25) is 0 Å². The van der Waals surface area contributed by atoms with Gasteiger partial charge in [0.05, 0.1) is 0 Å². The van der Waals surface area contributed by atoms with E-state index in [2.05, 4.69) is 11.9 Å². The molecule has 0 saturated carbocycles. The van der Waals surface area contributed by atoms with Crippen LogP contribution in [0.25, 0.3) is 0 Å². The lowest BCUT2D eigenvalue weighted by molar-refractivity contribution is -0.137. The topological polar surface area (TPSA) is 86.6 Å². The molecule has 0 aliphatic carbocycles. The van der Waals surface area contributed by atoms with E-state index in [1.807, 2.05) is 0 Å². The van der Waals surface area contributed by atoms with Crippen LogP contribution in [0.3, 0.4) is 0 Å². The molecule has 0 spiro atoms. The number of hydrogen-bond acceptors (Lipinski definition) is 3. The fourth-order valence-electron chi connectivity index (χ4n) is 1.02. The van der Waals surface area contributed by atoms with E-state index < -0.39 is 11.9 Å². The lowest BCUT2D eigenvalue weighted by atomic mass is 10.1. The molecule has 0 aromatic rings. The van der Waals surface area contributed by atoms with Gasteiger partial charge in [0.25, 0.3) is 0 Å². The second kappa shape index (κ2) is 7.99. The molecule has 0 rings (SSSR count). The minimum absolute atomic E-state index is 0.162. The molecule has 0 amide bonds. The number of carbonyl (C=O) groups is 2. The molecule has 0 radical (unpaired) electrons. The van der Waals surface area contributed by atoms with E-state index in [4.69, 9.17) is 10.2 Å². The third-order valence-corrected chi connectivity index (χ3v) is 1.88. The van der Waals surface area contributed by atoms with Crippen LogP contribution in [0.4, 0.5) is 0 Å². The van der Waals surface area contributed by atoms with E-state index in [-0.39, 0.29) is 12.0 Å². The average molecular weight is 215 g/mol. The number of aliphatic carboxylic acids is 2. The summed E-state index contributed by atoms with van der Waals surface area (Å²) >= 11 is 0. The number of nitrogens with one attached hydrogen (secondary N) is 1. The second-order valence-electron chi connectivity index (χ2n) is 3.26. The number of carboxylic acids is 2. The highest BCUT2D eigenvalue weighted by Crippen LogP contribution is 2.00. The van der Waals surface area contributed by atoms with Gasteiger partial charge in [0.2, 0.25) is 0 Å². The summed E-state index contributed by atoms with van der Waals surface area (Å²) in [6, 6.07) is 0. The molecular formula is C10H17NO4. The Kier molecular flexibility index (Phi) is 7.27. The molecule has 0 fully saturated rings. The molecule has 0 unspecified atom stereocenters. The average Bonchev–Trinajstić information content (AvgIpc) is 2.15. The van der Waals surface area contributed by atoms with Gasteiger partial charge in [-0.25, -0.2) is 4.79 Å². The van der Waals surface area contributed by atoms with Gasteiger partial charge in [0.15, 0.2) is 0 Å². The molecule has 3 N–H and O–H groups in total. The monoisotopic (exact) mass is 215 g/mol. The maximum atomic E-state index is 10.4. The van der Waals surface area contributed by atoms with E-state index in [0.29, 0.717) is 32.4 Å². The van der Waals surface area contributed by atoms with Crippen LogP contribution >= 0.6 is 0 Å². The summed E-state index contributed by atoms with van der Waals surface area (Å²) in [5.74, 6) is -1.75. The van der Waals surface area contributed by atoms with Crippen molar-refractivity contribution in [3.63, 3.8) is 0 Å². The summed E-state index contributed by atoms with van der Waals surface area (Å²) in [4.78, 5) is 20.5. The van der Waals surface area contributed by atoms with Gasteiger partial charge < -0.3 is 15.5 Å². The lowest BCUT2D eigenvalue weighted by Crippen LogP contribution is -2.18. The molecule has 0 aromatic carbocycles. The van der Waals surface area contributed by atoms with Crippen molar-refractivity contribution in [2.75, 3.05) is 13.1 Å². The van der Waals surface area contributed by atoms with Gasteiger partial charge >= 0.3 is 11.9 Å². The molecule has 0 aliphatic rings. The van der Waals surface area contributed by atoms with Crippen LogP contribution in [0.15, 0.2) is 12.2 Å². The first-order valence-electron chi connectivity index (χ1n) is 4.87. The van der Waals surface area contributed by atoms with E-state index in [1.165, 1.54) is 0 Å².